The van der Waals surface area contributed by atoms with Crippen molar-refractivity contribution in [2.24, 2.45) is 0 Å². The lowest BCUT2D eigenvalue weighted by atomic mass is 10.1. The van der Waals surface area contributed by atoms with Crippen LogP contribution in [0.25, 0.3) is 6.08 Å². The van der Waals surface area contributed by atoms with Gasteiger partial charge in [0.15, 0.2) is 5.75 Å². The van der Waals surface area contributed by atoms with Gasteiger partial charge in [0.05, 0.1) is 27.8 Å². The second-order valence-corrected chi connectivity index (χ2v) is 8.25. The molecule has 35 heavy (non-hydrogen) atoms. The first-order valence-electron chi connectivity index (χ1n) is 9.83. The van der Waals surface area contributed by atoms with Crippen LogP contribution in [0.4, 0.5) is 11.4 Å². The van der Waals surface area contributed by atoms with Gasteiger partial charge >= 0.3 is 0 Å². The monoisotopic (exact) mass is 531 g/mol. The zero-order valence-corrected chi connectivity index (χ0v) is 20.3. The van der Waals surface area contributed by atoms with Gasteiger partial charge in [-0.2, -0.15) is 5.26 Å². The molecule has 0 aromatic heterocycles. The summed E-state index contributed by atoms with van der Waals surface area (Å²) in [5.41, 5.74) is 0.716. The van der Waals surface area contributed by atoms with Crippen LogP contribution in [0.1, 0.15) is 11.1 Å². The number of carbonyl (C=O) groups is 1. The van der Waals surface area contributed by atoms with Crippen LogP contribution in [-0.2, 0) is 11.4 Å². The molecule has 0 saturated carbocycles. The number of methoxy groups -OCH3 is 1. The van der Waals surface area contributed by atoms with Crippen molar-refractivity contribution in [2.75, 3.05) is 12.4 Å². The van der Waals surface area contributed by atoms with Crippen molar-refractivity contribution in [3.05, 3.63) is 96.5 Å². The van der Waals surface area contributed by atoms with Gasteiger partial charge < -0.3 is 14.8 Å². The van der Waals surface area contributed by atoms with Crippen LogP contribution in [-0.4, -0.2) is 17.9 Å². The number of benzene rings is 3. The number of anilines is 1. The van der Waals surface area contributed by atoms with Crippen LogP contribution in [0.2, 0.25) is 15.1 Å². The summed E-state index contributed by atoms with van der Waals surface area (Å²) >= 11 is 18.5. The van der Waals surface area contributed by atoms with Crippen LogP contribution >= 0.6 is 34.8 Å². The highest BCUT2D eigenvalue weighted by Gasteiger charge is 2.17. The first kappa shape index (κ1) is 25.8. The highest BCUT2D eigenvalue weighted by Crippen LogP contribution is 2.36. The first-order valence-corrected chi connectivity index (χ1v) is 11.0. The zero-order chi connectivity index (χ0) is 25.5. The Bertz CT molecular complexity index is 1330. The second-order valence-electron chi connectivity index (χ2n) is 6.99. The van der Waals surface area contributed by atoms with Crippen LogP contribution in [0.15, 0.2) is 60.2 Å². The van der Waals surface area contributed by atoms with Gasteiger partial charge in [-0.1, -0.05) is 46.9 Å². The van der Waals surface area contributed by atoms with Crippen molar-refractivity contribution in [2.45, 2.75) is 6.61 Å². The Balaban J connectivity index is 1.81. The third-order valence-electron chi connectivity index (χ3n) is 4.64. The van der Waals surface area contributed by atoms with Crippen LogP contribution in [0.3, 0.4) is 0 Å². The van der Waals surface area contributed by atoms with E-state index in [4.69, 9.17) is 44.3 Å². The quantitative estimate of drug-likeness (QED) is 0.150. The average Bonchev–Trinajstić information content (AvgIpc) is 2.83. The van der Waals surface area contributed by atoms with E-state index in [1.807, 2.05) is 0 Å². The normalized spacial score (nSPS) is 10.9. The topological polar surface area (TPSA) is 114 Å². The maximum absolute atomic E-state index is 12.7. The number of nitrogens with one attached hydrogen (secondary N) is 1. The number of nitriles is 1. The molecule has 3 aromatic carbocycles. The predicted octanol–water partition coefficient (Wildman–Crippen LogP) is 6.69. The summed E-state index contributed by atoms with van der Waals surface area (Å²) in [5, 5.41) is 24.0. The summed E-state index contributed by atoms with van der Waals surface area (Å²) in [6, 6.07) is 15.5. The molecule has 3 rings (SSSR count). The third-order valence-corrected chi connectivity index (χ3v) is 5.45. The summed E-state index contributed by atoms with van der Waals surface area (Å²) in [7, 11) is 1.35. The minimum atomic E-state index is -0.804. The molecule has 0 aliphatic heterocycles. The number of nitro groups is 1. The maximum atomic E-state index is 12.7. The Morgan fingerprint density at radius 1 is 1.11 bits per heavy atom. The minimum absolute atomic E-state index is 0.0369. The molecule has 8 nitrogen and oxygen atoms in total. The van der Waals surface area contributed by atoms with Gasteiger partial charge in [0, 0.05) is 17.2 Å². The van der Waals surface area contributed by atoms with Crippen molar-refractivity contribution in [1.82, 2.24) is 0 Å². The van der Waals surface area contributed by atoms with Gasteiger partial charge in [-0.25, -0.2) is 0 Å². The van der Waals surface area contributed by atoms with Gasteiger partial charge in [-0.15, -0.1) is 0 Å². The van der Waals surface area contributed by atoms with E-state index in [2.05, 4.69) is 5.32 Å². The smallest absolute Gasteiger partial charge is 0.271 e. The van der Waals surface area contributed by atoms with Crippen LogP contribution < -0.4 is 14.8 Å². The van der Waals surface area contributed by atoms with Gasteiger partial charge in [-0.05, 0) is 47.5 Å². The SMILES string of the molecule is COc1ccc([N+](=O)[O-])cc1NC(=O)/C(C#N)=C/c1cc(Cl)c(OCc2ccc(Cl)cc2)c(Cl)c1. The number of non-ortho nitro benzene ring substituents is 1. The van der Waals surface area contributed by atoms with Crippen molar-refractivity contribution in [1.29, 1.82) is 5.26 Å². The summed E-state index contributed by atoms with van der Waals surface area (Å²) in [5.74, 6) is -0.374. The lowest BCUT2D eigenvalue weighted by molar-refractivity contribution is -0.384. The van der Waals surface area contributed by atoms with E-state index in [1.165, 1.54) is 37.5 Å². The van der Waals surface area contributed by atoms with Crippen molar-refractivity contribution in [3.8, 4) is 17.6 Å². The fraction of sp³-hybridized carbons (Fsp3) is 0.0833. The summed E-state index contributed by atoms with van der Waals surface area (Å²) in [6.07, 6.45) is 1.28. The molecule has 3 aromatic rings. The van der Waals surface area contributed by atoms with Gasteiger partial charge in [0.2, 0.25) is 0 Å². The van der Waals surface area contributed by atoms with E-state index >= 15 is 0 Å². The molecule has 0 fully saturated rings. The van der Waals surface area contributed by atoms with Crippen LogP contribution in [0.5, 0.6) is 11.5 Å². The zero-order valence-electron chi connectivity index (χ0n) is 18.1. The summed E-state index contributed by atoms with van der Waals surface area (Å²) in [6.45, 7) is 0.197. The predicted molar refractivity (Wildman–Crippen MR) is 134 cm³/mol. The lowest BCUT2D eigenvalue weighted by Crippen LogP contribution is -2.14. The number of amides is 1. The lowest BCUT2D eigenvalue weighted by Gasteiger charge is -2.12. The molecule has 0 atom stereocenters. The number of nitrogens with zero attached hydrogens (tertiary/aromatic N) is 2. The highest BCUT2D eigenvalue weighted by atomic mass is 35.5. The molecule has 0 aliphatic rings. The van der Waals surface area contributed by atoms with E-state index in [-0.39, 0.29) is 45.1 Å². The molecule has 11 heteroatoms. The maximum Gasteiger partial charge on any atom is 0.271 e. The number of hydrogen-bond acceptors (Lipinski definition) is 6. The number of nitro benzene ring substituents is 1. The summed E-state index contributed by atoms with van der Waals surface area (Å²) < 4.78 is 10.8. The molecule has 0 bridgehead atoms. The fourth-order valence-corrected chi connectivity index (χ4v) is 3.69. The number of carbonyl (C=O) groups excluding carboxylic acids is 1. The van der Waals surface area contributed by atoms with Crippen molar-refractivity contribution < 1.29 is 19.2 Å². The van der Waals surface area contributed by atoms with E-state index < -0.39 is 10.8 Å². The molecule has 0 unspecified atom stereocenters. The molecule has 0 spiro atoms. The van der Waals surface area contributed by atoms with Crippen LogP contribution in [0, 0.1) is 21.4 Å². The van der Waals surface area contributed by atoms with Crippen molar-refractivity contribution >= 4 is 58.2 Å². The number of halogens is 3. The fourth-order valence-electron chi connectivity index (χ4n) is 2.95. The minimum Gasteiger partial charge on any atom is -0.495 e. The molecule has 0 radical (unpaired) electrons. The van der Waals surface area contributed by atoms with E-state index in [1.54, 1.807) is 30.3 Å². The summed E-state index contributed by atoms with van der Waals surface area (Å²) in [4.78, 5) is 23.1. The Hall–Kier alpha value is -3.77. The van der Waals surface area contributed by atoms with Gasteiger partial charge in [0.25, 0.3) is 11.6 Å². The molecule has 1 N–H and O–H groups in total. The molecule has 178 valence electrons. The molecule has 0 saturated heterocycles. The highest BCUT2D eigenvalue weighted by molar-refractivity contribution is 6.37. The molecule has 1 amide bonds. The van der Waals surface area contributed by atoms with Crippen molar-refractivity contribution in [3.63, 3.8) is 0 Å². The molecular formula is C24H16Cl3N3O5. The Morgan fingerprint density at radius 2 is 1.77 bits per heavy atom. The standard InChI is InChI=1S/C24H16Cl3N3O5/c1-34-22-7-6-18(30(32)33)11-21(22)29-24(31)16(12-28)8-15-9-19(26)23(20(27)10-15)35-13-14-2-4-17(25)5-3-14/h2-11H,13H2,1H3,(H,29,31)/b16-8+. The third kappa shape index (κ3) is 6.64. The molecule has 0 heterocycles. The average molecular weight is 533 g/mol. The Kier molecular flexibility index (Phi) is 8.55. The Labute approximate surface area is 215 Å². The van der Waals surface area contributed by atoms with Gasteiger partial charge in [-0.3, -0.25) is 14.9 Å². The number of hydrogen-bond donors (Lipinski definition) is 1. The van der Waals surface area contributed by atoms with E-state index in [9.17, 15) is 20.2 Å². The van der Waals surface area contributed by atoms with E-state index in [0.29, 0.717) is 10.6 Å². The van der Waals surface area contributed by atoms with E-state index in [0.717, 1.165) is 11.6 Å². The number of ether oxygens (including phenoxy) is 2. The Morgan fingerprint density at radius 3 is 2.34 bits per heavy atom. The second kappa shape index (κ2) is 11.6. The van der Waals surface area contributed by atoms with Gasteiger partial charge in [0.1, 0.15) is 24.0 Å². The molecule has 0 aliphatic carbocycles. The largest absolute Gasteiger partial charge is 0.495 e. The number of rotatable bonds is 8. The first-order chi connectivity index (χ1) is 16.7. The molecular weight excluding hydrogens is 517 g/mol.